The summed E-state index contributed by atoms with van der Waals surface area (Å²) in [5.41, 5.74) is -3.07. The zero-order chi connectivity index (χ0) is 28.4. The van der Waals surface area contributed by atoms with Crippen LogP contribution in [0, 0.1) is 0 Å². The topological polar surface area (TPSA) is 55.1 Å². The molecular weight excluding hydrogens is 536 g/mol. The van der Waals surface area contributed by atoms with Crippen molar-refractivity contribution in [1.82, 2.24) is 0 Å². The highest BCUT2D eigenvalue weighted by molar-refractivity contribution is 6.03. The largest absolute Gasteiger partial charge is 0.416 e. The van der Waals surface area contributed by atoms with E-state index >= 15 is 0 Å². The molecule has 0 unspecified atom stereocenters. The Hall–Kier alpha value is -3.65. The summed E-state index contributed by atoms with van der Waals surface area (Å²) in [6.45, 7) is 0. The monoisotopic (exact) mass is 550 g/mol. The summed E-state index contributed by atoms with van der Waals surface area (Å²) in [6.07, 6.45) is -18.1. The molecule has 0 fully saturated rings. The Bertz CT molecular complexity index is 1140. The van der Waals surface area contributed by atoms with E-state index in [2.05, 4.69) is 0 Å². The van der Waals surface area contributed by atoms with Gasteiger partial charge >= 0.3 is 24.7 Å². The van der Waals surface area contributed by atoms with Crippen LogP contribution in [0.25, 0.3) is 0 Å². The molecule has 0 aliphatic rings. The number of rotatable bonds is 5. The lowest BCUT2D eigenvalue weighted by Crippen LogP contribution is -2.21. The second kappa shape index (κ2) is 10.4. The summed E-state index contributed by atoms with van der Waals surface area (Å²) < 4.78 is 155. The molecule has 3 nitrogen and oxygen atoms in total. The Morgan fingerprint density at radius 1 is 0.676 bits per heavy atom. The molecule has 0 aliphatic heterocycles. The molecule has 37 heavy (non-hydrogen) atoms. The molecule has 0 aliphatic carbocycles. The molecule has 15 heteroatoms. The highest BCUT2D eigenvalue weighted by Gasteiger charge is 2.38. The van der Waals surface area contributed by atoms with Crippen molar-refractivity contribution in [3.63, 3.8) is 0 Å². The highest BCUT2D eigenvalue weighted by atomic mass is 19.4. The second-order valence-corrected chi connectivity index (χ2v) is 7.42. The van der Waals surface area contributed by atoms with Crippen LogP contribution in [0.1, 0.15) is 27.8 Å². The number of alkyl halides is 12. The van der Waals surface area contributed by atoms with Crippen LogP contribution in [-0.2, 0) is 35.9 Å². The average Bonchev–Trinajstić information content (AvgIpc) is 2.73. The molecule has 3 N–H and O–H groups in total. The molecule has 202 valence electrons. The van der Waals surface area contributed by atoms with Crippen molar-refractivity contribution in [2.45, 2.75) is 31.1 Å². The Morgan fingerprint density at radius 2 is 1.05 bits per heavy atom. The molecule has 0 saturated carbocycles. The van der Waals surface area contributed by atoms with Crippen LogP contribution in [0.2, 0.25) is 0 Å². The van der Waals surface area contributed by atoms with Crippen molar-refractivity contribution in [3.05, 3.63) is 88.1 Å². The van der Waals surface area contributed by atoms with Gasteiger partial charge in [-0.15, -0.1) is 0 Å². The Balaban J connectivity index is 2.22. The number of amides is 1. The fourth-order valence-corrected chi connectivity index (χ4v) is 2.82. The Kier molecular flexibility index (Phi) is 8.30. The fourth-order valence-electron chi connectivity index (χ4n) is 2.82. The molecule has 0 heterocycles. The van der Waals surface area contributed by atoms with E-state index < -0.39 is 76.2 Å². The predicted octanol–water partition coefficient (Wildman–Crippen LogP) is 7.34. The van der Waals surface area contributed by atoms with Crippen molar-refractivity contribution in [1.29, 1.82) is 0 Å². The Labute approximate surface area is 200 Å². The van der Waals surface area contributed by atoms with Gasteiger partial charge in [0.1, 0.15) is 0 Å². The molecule has 0 atom stereocenters. The number of nitrogens with one attached hydrogen (secondary N) is 1. The first kappa shape index (κ1) is 29.6. The maximum absolute atomic E-state index is 12.9. The molecule has 1 amide bonds. The van der Waals surface area contributed by atoms with E-state index in [1.165, 1.54) is 0 Å². The number of allylic oxidation sites excluding steroid dienone is 3. The summed E-state index contributed by atoms with van der Waals surface area (Å²) in [5, 5.41) is 1.76. The molecule has 0 bridgehead atoms. The minimum Gasteiger partial charge on any atom is -0.394 e. The summed E-state index contributed by atoms with van der Waals surface area (Å²) in [4.78, 5) is 12.1. The van der Waals surface area contributed by atoms with Gasteiger partial charge in [-0.3, -0.25) is 4.79 Å². The number of hydrogen-bond donors (Lipinski definition) is 2. The number of carbonyl (C=O) groups is 1. The Morgan fingerprint density at radius 3 is 1.43 bits per heavy atom. The number of anilines is 1. The van der Waals surface area contributed by atoms with Crippen molar-refractivity contribution >= 4 is 11.6 Å². The van der Waals surface area contributed by atoms with Crippen LogP contribution >= 0.6 is 0 Å². The van der Waals surface area contributed by atoms with E-state index in [9.17, 15) is 57.5 Å². The molecule has 2 aromatic rings. The number of carbonyl (C=O) groups excluding carboxylic acids is 1. The third-order valence-electron chi connectivity index (χ3n) is 4.52. The normalized spacial score (nSPS) is 13.8. The van der Waals surface area contributed by atoms with Gasteiger partial charge in [0.15, 0.2) is 0 Å². The first-order chi connectivity index (χ1) is 16.7. The van der Waals surface area contributed by atoms with Gasteiger partial charge in [0.05, 0.1) is 28.0 Å². The van der Waals surface area contributed by atoms with Gasteiger partial charge in [0.2, 0.25) is 0 Å². The smallest absolute Gasteiger partial charge is 0.394 e. The van der Waals surface area contributed by atoms with Crippen LogP contribution in [0.5, 0.6) is 0 Å². The van der Waals surface area contributed by atoms with Crippen molar-refractivity contribution in [2.75, 3.05) is 5.32 Å². The van der Waals surface area contributed by atoms with Gasteiger partial charge in [0, 0.05) is 5.69 Å². The van der Waals surface area contributed by atoms with Crippen LogP contribution in [0.3, 0.4) is 0 Å². The van der Waals surface area contributed by atoms with E-state index in [0.717, 1.165) is 18.2 Å². The molecule has 0 spiro atoms. The third-order valence-corrected chi connectivity index (χ3v) is 4.52. The lowest BCUT2D eigenvalue weighted by Gasteiger charge is -2.14. The summed E-state index contributed by atoms with van der Waals surface area (Å²) in [5.74, 6) is -1.32. The molecule has 2 rings (SSSR count). The summed E-state index contributed by atoms with van der Waals surface area (Å²) >= 11 is 0. The van der Waals surface area contributed by atoms with Crippen LogP contribution in [0.15, 0.2) is 60.3 Å². The minimum atomic E-state index is -5.17. The zero-order valence-corrected chi connectivity index (χ0v) is 17.9. The second-order valence-electron chi connectivity index (χ2n) is 7.42. The van der Waals surface area contributed by atoms with Crippen molar-refractivity contribution in [3.8, 4) is 0 Å². The van der Waals surface area contributed by atoms with Gasteiger partial charge in [0.25, 0.3) is 5.91 Å². The first-order valence-electron chi connectivity index (χ1n) is 9.69. The van der Waals surface area contributed by atoms with Gasteiger partial charge in [-0.25, -0.2) is 0 Å². The first-order valence-corrected chi connectivity index (χ1v) is 9.69. The number of halogens is 12. The maximum Gasteiger partial charge on any atom is 0.416 e. The summed E-state index contributed by atoms with van der Waals surface area (Å²) in [7, 11) is 0. The van der Waals surface area contributed by atoms with Gasteiger partial charge < -0.3 is 11.1 Å². The van der Waals surface area contributed by atoms with Gasteiger partial charge in [-0.1, -0.05) is 12.2 Å². The van der Waals surface area contributed by atoms with Gasteiger partial charge in [-0.05, 0) is 54.5 Å². The van der Waals surface area contributed by atoms with Crippen molar-refractivity contribution in [2.24, 2.45) is 5.73 Å². The quantitative estimate of drug-likeness (QED) is 0.233. The van der Waals surface area contributed by atoms with E-state index in [0.29, 0.717) is 12.1 Å². The number of hydrogen-bond acceptors (Lipinski definition) is 2. The van der Waals surface area contributed by atoms with Crippen LogP contribution in [-0.4, -0.2) is 5.91 Å². The van der Waals surface area contributed by atoms with E-state index in [1.54, 1.807) is 5.32 Å². The third kappa shape index (κ3) is 8.46. The van der Waals surface area contributed by atoms with E-state index in [1.807, 2.05) is 0 Å². The lowest BCUT2D eigenvalue weighted by atomic mass is 10.0. The standard InChI is InChI=1S/C22H14F12N2O/c23-19(24,25)12-5-11(6-13(7-12)20(26,27)28)3-1-2-4-17(35)18(37)36-16-9-14(21(29,30)31)8-15(10-16)22(32,33)34/h1-2,4-10H,3,35H2,(H,36,37)/b2-1-,17-4-. The highest BCUT2D eigenvalue weighted by Crippen LogP contribution is 2.38. The lowest BCUT2D eigenvalue weighted by molar-refractivity contribution is -0.144. The fraction of sp³-hybridized carbons (Fsp3) is 0.227. The molecule has 2 aromatic carbocycles. The predicted molar refractivity (Wildman–Crippen MR) is 107 cm³/mol. The van der Waals surface area contributed by atoms with Gasteiger partial charge in [-0.2, -0.15) is 52.7 Å². The van der Waals surface area contributed by atoms with E-state index in [4.69, 9.17) is 5.73 Å². The number of nitrogens with two attached hydrogens (primary N) is 1. The molecule has 0 radical (unpaired) electrons. The summed E-state index contributed by atoms with van der Waals surface area (Å²) in [6, 6.07) is 1.21. The van der Waals surface area contributed by atoms with Crippen molar-refractivity contribution < 1.29 is 57.5 Å². The molecule has 0 saturated heterocycles. The molecular formula is C22H14F12N2O. The minimum absolute atomic E-state index is 0.0621. The SMILES string of the molecule is N/C(=C\C=C/Cc1cc(C(F)(F)F)cc(C(F)(F)F)c1)C(=O)Nc1cc(C(F)(F)F)cc(C(F)(F)F)c1. The zero-order valence-electron chi connectivity index (χ0n) is 17.9. The molecule has 0 aromatic heterocycles. The van der Waals surface area contributed by atoms with E-state index in [-0.39, 0.29) is 24.3 Å². The maximum atomic E-state index is 12.9. The number of benzene rings is 2. The van der Waals surface area contributed by atoms with Crippen LogP contribution in [0.4, 0.5) is 58.4 Å². The average molecular weight is 550 g/mol. The van der Waals surface area contributed by atoms with Crippen LogP contribution < -0.4 is 11.1 Å².